The molecule has 2 nitrogen and oxygen atoms in total. The fraction of sp³-hybridized carbons (Fsp3) is 0. The molecule has 0 heterocycles. The van der Waals surface area contributed by atoms with Crippen molar-refractivity contribution in [1.29, 1.82) is 0 Å². The lowest BCUT2D eigenvalue weighted by molar-refractivity contribution is 0.474. The molecule has 4 rings (SSSR count). The largest absolute Gasteiger partial charge is 0.508 e. The molecule has 0 aliphatic carbocycles. The predicted molar refractivity (Wildman–Crippen MR) is 126 cm³/mol. The molecule has 0 saturated heterocycles. The van der Waals surface area contributed by atoms with Crippen LogP contribution < -0.4 is 0 Å². The van der Waals surface area contributed by atoms with E-state index in [-0.39, 0.29) is 11.5 Å². The summed E-state index contributed by atoms with van der Waals surface area (Å²) in [5.41, 5.74) is 5.93. The van der Waals surface area contributed by atoms with E-state index in [9.17, 15) is 10.2 Å². The van der Waals surface area contributed by atoms with Crippen LogP contribution >= 0.6 is 0 Å². The van der Waals surface area contributed by atoms with Gasteiger partial charge in [0.1, 0.15) is 11.5 Å². The molecule has 30 heavy (non-hydrogen) atoms. The Morgan fingerprint density at radius 1 is 0.433 bits per heavy atom. The van der Waals surface area contributed by atoms with Gasteiger partial charge in [-0.05, 0) is 57.6 Å². The molecule has 0 radical (unpaired) electrons. The Morgan fingerprint density at radius 3 is 1.23 bits per heavy atom. The third-order valence-corrected chi connectivity index (χ3v) is 4.87. The molecule has 0 fully saturated rings. The van der Waals surface area contributed by atoms with E-state index >= 15 is 0 Å². The topological polar surface area (TPSA) is 40.5 Å². The quantitative estimate of drug-likeness (QED) is 0.357. The first kappa shape index (κ1) is 19.3. The molecule has 2 N–H and O–H groups in total. The Bertz CT molecular complexity index is 1090. The summed E-state index contributed by atoms with van der Waals surface area (Å²) in [7, 11) is 0. The standard InChI is InChI=1S/C28H22O2/c29-25-15-17-27(23(19-25)13-11-21-7-3-1-4-8-21)28-18-16-26(30)20-24(28)14-12-22-9-5-2-6-10-22/h1-20,29-30H. The third-order valence-electron chi connectivity index (χ3n) is 4.87. The maximum Gasteiger partial charge on any atom is 0.116 e. The number of hydrogen-bond acceptors (Lipinski definition) is 2. The summed E-state index contributed by atoms with van der Waals surface area (Å²) in [5, 5.41) is 20.1. The van der Waals surface area contributed by atoms with Crippen molar-refractivity contribution in [3.8, 4) is 22.6 Å². The summed E-state index contributed by atoms with van der Waals surface area (Å²) in [6.07, 6.45) is 8.06. The predicted octanol–water partition coefficient (Wildman–Crippen LogP) is 7.11. The Labute approximate surface area is 176 Å². The Hall–Kier alpha value is -4.04. The first-order valence-corrected chi connectivity index (χ1v) is 9.82. The fourth-order valence-corrected chi connectivity index (χ4v) is 3.37. The van der Waals surface area contributed by atoms with Gasteiger partial charge in [-0.15, -0.1) is 0 Å². The van der Waals surface area contributed by atoms with Crippen molar-refractivity contribution in [3.05, 3.63) is 119 Å². The first-order chi connectivity index (χ1) is 14.7. The number of benzene rings is 4. The second-order valence-corrected chi connectivity index (χ2v) is 7.03. The normalized spacial score (nSPS) is 11.3. The Balaban J connectivity index is 1.77. The zero-order valence-corrected chi connectivity index (χ0v) is 16.4. The molecular weight excluding hydrogens is 368 g/mol. The molecular formula is C28H22O2. The lowest BCUT2D eigenvalue weighted by atomic mass is 9.94. The highest BCUT2D eigenvalue weighted by molar-refractivity contribution is 5.87. The van der Waals surface area contributed by atoms with Gasteiger partial charge < -0.3 is 10.2 Å². The van der Waals surface area contributed by atoms with Crippen LogP contribution in [0.1, 0.15) is 22.3 Å². The SMILES string of the molecule is Oc1ccc(-c2ccc(O)cc2C=Cc2ccccc2)c(C=Cc2ccccc2)c1. The van der Waals surface area contributed by atoms with E-state index in [1.54, 1.807) is 24.3 Å². The van der Waals surface area contributed by atoms with Crippen LogP contribution in [0.4, 0.5) is 0 Å². The summed E-state index contributed by atoms with van der Waals surface area (Å²) >= 11 is 0. The highest BCUT2D eigenvalue weighted by atomic mass is 16.3. The molecule has 146 valence electrons. The maximum absolute atomic E-state index is 10.1. The van der Waals surface area contributed by atoms with E-state index in [2.05, 4.69) is 0 Å². The van der Waals surface area contributed by atoms with Crippen LogP contribution in [0.5, 0.6) is 11.5 Å². The Morgan fingerprint density at radius 2 is 0.833 bits per heavy atom. The number of rotatable bonds is 5. The minimum atomic E-state index is 0.214. The lowest BCUT2D eigenvalue weighted by Crippen LogP contribution is -1.88. The third kappa shape index (κ3) is 4.68. The van der Waals surface area contributed by atoms with Gasteiger partial charge in [-0.3, -0.25) is 0 Å². The number of aromatic hydroxyl groups is 2. The van der Waals surface area contributed by atoms with Gasteiger partial charge in [0.15, 0.2) is 0 Å². The van der Waals surface area contributed by atoms with Crippen LogP contribution in [0, 0.1) is 0 Å². The average molecular weight is 390 g/mol. The molecule has 4 aromatic carbocycles. The van der Waals surface area contributed by atoms with Crippen LogP contribution in [0.25, 0.3) is 35.4 Å². The molecule has 0 bridgehead atoms. The molecule has 0 saturated carbocycles. The van der Waals surface area contributed by atoms with E-state index in [0.717, 1.165) is 33.4 Å². The van der Waals surface area contributed by atoms with Crippen molar-refractivity contribution in [2.75, 3.05) is 0 Å². The monoisotopic (exact) mass is 390 g/mol. The van der Waals surface area contributed by atoms with Gasteiger partial charge in [0.25, 0.3) is 0 Å². The van der Waals surface area contributed by atoms with Crippen LogP contribution in [0.15, 0.2) is 97.1 Å². The van der Waals surface area contributed by atoms with Gasteiger partial charge in [-0.1, -0.05) is 97.1 Å². The van der Waals surface area contributed by atoms with Crippen molar-refractivity contribution in [2.24, 2.45) is 0 Å². The summed E-state index contributed by atoms with van der Waals surface area (Å²) in [5.74, 6) is 0.429. The highest BCUT2D eigenvalue weighted by Gasteiger charge is 2.09. The molecule has 0 aromatic heterocycles. The van der Waals surface area contributed by atoms with Gasteiger partial charge in [0.2, 0.25) is 0 Å². The van der Waals surface area contributed by atoms with Gasteiger partial charge in [-0.25, -0.2) is 0 Å². The van der Waals surface area contributed by atoms with Crippen molar-refractivity contribution in [2.45, 2.75) is 0 Å². The van der Waals surface area contributed by atoms with Crippen LogP contribution in [-0.4, -0.2) is 10.2 Å². The zero-order chi connectivity index (χ0) is 20.8. The second kappa shape index (κ2) is 8.97. The summed E-state index contributed by atoms with van der Waals surface area (Å²) in [6, 6.07) is 30.8. The van der Waals surface area contributed by atoms with Crippen molar-refractivity contribution < 1.29 is 10.2 Å². The molecule has 0 aliphatic heterocycles. The van der Waals surface area contributed by atoms with E-state index < -0.39 is 0 Å². The van der Waals surface area contributed by atoms with E-state index in [1.165, 1.54) is 0 Å². The van der Waals surface area contributed by atoms with Crippen LogP contribution in [0.2, 0.25) is 0 Å². The molecule has 2 heteroatoms. The summed E-state index contributed by atoms with van der Waals surface area (Å²) in [6.45, 7) is 0. The van der Waals surface area contributed by atoms with Gasteiger partial charge >= 0.3 is 0 Å². The molecule has 0 amide bonds. The second-order valence-electron chi connectivity index (χ2n) is 7.03. The van der Waals surface area contributed by atoms with E-state index in [4.69, 9.17) is 0 Å². The minimum Gasteiger partial charge on any atom is -0.508 e. The van der Waals surface area contributed by atoms with E-state index in [0.29, 0.717) is 0 Å². The van der Waals surface area contributed by atoms with Gasteiger partial charge in [0.05, 0.1) is 0 Å². The molecule has 4 aromatic rings. The Kier molecular flexibility index (Phi) is 5.77. The highest BCUT2D eigenvalue weighted by Crippen LogP contribution is 2.33. The number of hydrogen-bond donors (Lipinski definition) is 2. The zero-order valence-electron chi connectivity index (χ0n) is 16.4. The first-order valence-electron chi connectivity index (χ1n) is 9.82. The maximum atomic E-state index is 10.1. The van der Waals surface area contributed by atoms with E-state index in [1.807, 2.05) is 97.1 Å². The van der Waals surface area contributed by atoms with Crippen LogP contribution in [-0.2, 0) is 0 Å². The summed E-state index contributed by atoms with van der Waals surface area (Å²) < 4.78 is 0. The van der Waals surface area contributed by atoms with Gasteiger partial charge in [0, 0.05) is 0 Å². The molecule has 0 atom stereocenters. The molecule has 0 spiro atoms. The average Bonchev–Trinajstić information content (AvgIpc) is 2.78. The summed E-state index contributed by atoms with van der Waals surface area (Å²) in [4.78, 5) is 0. The minimum absolute atomic E-state index is 0.214. The number of phenols is 2. The fourth-order valence-electron chi connectivity index (χ4n) is 3.37. The lowest BCUT2D eigenvalue weighted by Gasteiger charge is -2.11. The van der Waals surface area contributed by atoms with Crippen molar-refractivity contribution in [3.63, 3.8) is 0 Å². The number of phenolic OH excluding ortho intramolecular Hbond substituents is 2. The van der Waals surface area contributed by atoms with Crippen LogP contribution in [0.3, 0.4) is 0 Å². The van der Waals surface area contributed by atoms with Gasteiger partial charge in [-0.2, -0.15) is 0 Å². The van der Waals surface area contributed by atoms with Crippen molar-refractivity contribution in [1.82, 2.24) is 0 Å². The molecule has 0 aliphatic rings. The van der Waals surface area contributed by atoms with Crippen molar-refractivity contribution >= 4 is 24.3 Å². The molecule has 0 unspecified atom stereocenters. The smallest absolute Gasteiger partial charge is 0.116 e.